The number of ether oxygens (including phenoxy) is 2. The van der Waals surface area contributed by atoms with Crippen LogP contribution in [-0.2, 0) is 14.3 Å². The summed E-state index contributed by atoms with van der Waals surface area (Å²) in [6.45, 7) is 1.87. The van der Waals surface area contributed by atoms with Crippen LogP contribution in [0.2, 0.25) is 0 Å². The molecule has 3 aromatic rings. The van der Waals surface area contributed by atoms with E-state index in [1.54, 1.807) is 60.7 Å². The SMILES string of the molecule is COc1ccccc1N1C(=O)[C@@H]2[C@H](c3ccccc3C)OC3(C(=O)c4ccccc4C3=O)[C@H]2C1=O. The van der Waals surface area contributed by atoms with Gasteiger partial charge < -0.3 is 9.47 Å². The molecule has 6 rings (SSSR count). The van der Waals surface area contributed by atoms with E-state index in [4.69, 9.17) is 9.47 Å². The number of anilines is 1. The van der Waals surface area contributed by atoms with Crippen LogP contribution in [0.25, 0.3) is 0 Å². The number of hydrogen-bond donors (Lipinski definition) is 0. The average Bonchev–Trinajstić information content (AvgIpc) is 3.44. The van der Waals surface area contributed by atoms with Crippen molar-refractivity contribution in [1.82, 2.24) is 0 Å². The first-order chi connectivity index (χ1) is 16.9. The van der Waals surface area contributed by atoms with E-state index in [9.17, 15) is 19.2 Å². The van der Waals surface area contributed by atoms with Gasteiger partial charge in [-0.2, -0.15) is 0 Å². The Balaban J connectivity index is 1.57. The van der Waals surface area contributed by atoms with Gasteiger partial charge in [0, 0.05) is 11.1 Å². The number of benzene rings is 3. The van der Waals surface area contributed by atoms with Gasteiger partial charge in [0.1, 0.15) is 5.75 Å². The Bertz CT molecular complexity index is 1410. The Morgan fingerprint density at radius 1 is 0.800 bits per heavy atom. The summed E-state index contributed by atoms with van der Waals surface area (Å²) in [4.78, 5) is 56.6. The molecule has 1 aliphatic carbocycles. The number of carbonyl (C=O) groups is 4. The summed E-state index contributed by atoms with van der Waals surface area (Å²) in [7, 11) is 1.45. The second-order valence-electron chi connectivity index (χ2n) is 9.02. The zero-order valence-corrected chi connectivity index (χ0v) is 19.1. The van der Waals surface area contributed by atoms with Crippen LogP contribution in [0.1, 0.15) is 37.9 Å². The van der Waals surface area contributed by atoms with Gasteiger partial charge in [-0.15, -0.1) is 0 Å². The van der Waals surface area contributed by atoms with Gasteiger partial charge >= 0.3 is 0 Å². The number of amides is 2. The minimum Gasteiger partial charge on any atom is -0.495 e. The number of imide groups is 1. The third kappa shape index (κ3) is 2.64. The Labute approximate surface area is 201 Å². The Morgan fingerprint density at radius 3 is 2.06 bits per heavy atom. The molecule has 2 saturated heterocycles. The highest BCUT2D eigenvalue weighted by Gasteiger charge is 2.75. The molecule has 3 aliphatic rings. The largest absolute Gasteiger partial charge is 0.495 e. The van der Waals surface area contributed by atoms with Gasteiger partial charge in [0.2, 0.25) is 29.0 Å². The number of fused-ring (bicyclic) bond motifs is 3. The molecule has 0 bridgehead atoms. The summed E-state index contributed by atoms with van der Waals surface area (Å²) in [6, 6.07) is 20.5. The van der Waals surface area contributed by atoms with Crippen LogP contribution in [0.3, 0.4) is 0 Å². The van der Waals surface area contributed by atoms with Crippen LogP contribution < -0.4 is 9.64 Å². The highest BCUT2D eigenvalue weighted by Crippen LogP contribution is 2.58. The molecule has 0 saturated carbocycles. The molecule has 174 valence electrons. The fourth-order valence-corrected chi connectivity index (χ4v) is 5.76. The summed E-state index contributed by atoms with van der Waals surface area (Å²) in [6.07, 6.45) is -0.945. The molecule has 3 aromatic carbocycles. The van der Waals surface area contributed by atoms with E-state index in [2.05, 4.69) is 0 Å². The van der Waals surface area contributed by atoms with Crippen LogP contribution in [-0.4, -0.2) is 36.1 Å². The molecule has 2 fully saturated rings. The fraction of sp³-hybridized carbons (Fsp3) is 0.214. The lowest BCUT2D eigenvalue weighted by molar-refractivity contribution is -0.127. The number of Topliss-reactive ketones (excluding diaryl/α,β-unsaturated/α-hetero) is 2. The fourth-order valence-electron chi connectivity index (χ4n) is 5.76. The third-order valence-corrected chi connectivity index (χ3v) is 7.34. The Morgan fingerprint density at radius 2 is 1.40 bits per heavy atom. The number of nitrogens with zero attached hydrogens (tertiary/aromatic N) is 1. The predicted octanol–water partition coefficient (Wildman–Crippen LogP) is 3.70. The van der Waals surface area contributed by atoms with Crippen molar-refractivity contribution in [2.75, 3.05) is 12.0 Å². The number of rotatable bonds is 3. The van der Waals surface area contributed by atoms with Crippen molar-refractivity contribution in [2.45, 2.75) is 18.6 Å². The van der Waals surface area contributed by atoms with Crippen LogP contribution in [0, 0.1) is 18.8 Å². The van der Waals surface area contributed by atoms with E-state index in [0.29, 0.717) is 11.3 Å². The summed E-state index contributed by atoms with van der Waals surface area (Å²) in [5.74, 6) is -4.32. The van der Waals surface area contributed by atoms with Crippen LogP contribution in [0.15, 0.2) is 72.8 Å². The van der Waals surface area contributed by atoms with Gasteiger partial charge in [-0.05, 0) is 30.2 Å². The molecule has 3 atom stereocenters. The number of para-hydroxylation sites is 2. The topological polar surface area (TPSA) is 90.0 Å². The predicted molar refractivity (Wildman–Crippen MR) is 125 cm³/mol. The van der Waals surface area contributed by atoms with Gasteiger partial charge in [-0.25, -0.2) is 4.90 Å². The zero-order valence-electron chi connectivity index (χ0n) is 19.1. The molecule has 0 radical (unpaired) electrons. The van der Waals surface area contributed by atoms with Crippen molar-refractivity contribution < 1.29 is 28.7 Å². The molecule has 7 nitrogen and oxygen atoms in total. The molecule has 1 spiro atoms. The summed E-state index contributed by atoms with van der Waals surface area (Å²) < 4.78 is 11.7. The molecule has 35 heavy (non-hydrogen) atoms. The van der Waals surface area contributed by atoms with Crippen LogP contribution in [0.5, 0.6) is 5.75 Å². The highest BCUT2D eigenvalue weighted by atomic mass is 16.5. The molecule has 2 heterocycles. The Hall–Kier alpha value is -4.10. The number of hydrogen-bond acceptors (Lipinski definition) is 6. The third-order valence-electron chi connectivity index (χ3n) is 7.34. The molecule has 0 unspecified atom stereocenters. The van der Waals surface area contributed by atoms with E-state index in [-0.39, 0.29) is 16.8 Å². The maximum absolute atomic E-state index is 14.0. The van der Waals surface area contributed by atoms with Gasteiger partial charge in [0.15, 0.2) is 0 Å². The molecular weight excluding hydrogens is 446 g/mol. The lowest BCUT2D eigenvalue weighted by Gasteiger charge is -2.28. The van der Waals surface area contributed by atoms with Crippen molar-refractivity contribution in [2.24, 2.45) is 11.8 Å². The lowest BCUT2D eigenvalue weighted by Crippen LogP contribution is -2.51. The second-order valence-corrected chi connectivity index (χ2v) is 9.02. The maximum Gasteiger partial charge on any atom is 0.241 e. The van der Waals surface area contributed by atoms with Crippen molar-refractivity contribution in [3.63, 3.8) is 0 Å². The van der Waals surface area contributed by atoms with Crippen molar-refractivity contribution in [1.29, 1.82) is 0 Å². The first-order valence-corrected chi connectivity index (χ1v) is 11.3. The Kier molecular flexibility index (Phi) is 4.56. The number of ketones is 2. The van der Waals surface area contributed by atoms with Gasteiger partial charge in [0.25, 0.3) is 0 Å². The number of carbonyl (C=O) groups excluding carboxylic acids is 4. The maximum atomic E-state index is 14.0. The van der Waals surface area contributed by atoms with Gasteiger partial charge in [-0.1, -0.05) is 60.7 Å². The zero-order chi connectivity index (χ0) is 24.5. The summed E-state index contributed by atoms with van der Waals surface area (Å²) in [5.41, 5.74) is 0.0904. The standard InChI is InChI=1S/C28H21NO6/c1-15-9-3-4-10-16(15)23-21-22(27(33)29(26(21)32)19-13-7-8-14-20(19)34-2)28(35-23)24(30)17-11-5-6-12-18(17)25(28)31/h3-14,21-23H,1-2H3/t21-,22+,23-/m0/s1. The smallest absolute Gasteiger partial charge is 0.241 e. The first-order valence-electron chi connectivity index (χ1n) is 11.3. The van der Waals surface area contributed by atoms with Gasteiger partial charge in [0.05, 0.1) is 30.7 Å². The average molecular weight is 467 g/mol. The van der Waals surface area contributed by atoms with Crippen LogP contribution >= 0.6 is 0 Å². The molecule has 0 aromatic heterocycles. The normalized spacial score (nSPS) is 24.3. The highest BCUT2D eigenvalue weighted by molar-refractivity contribution is 6.37. The van der Waals surface area contributed by atoms with Crippen LogP contribution in [0.4, 0.5) is 5.69 Å². The van der Waals surface area contributed by atoms with E-state index in [0.717, 1.165) is 10.5 Å². The van der Waals surface area contributed by atoms with Crippen molar-refractivity contribution >= 4 is 29.1 Å². The summed E-state index contributed by atoms with van der Waals surface area (Å²) in [5, 5.41) is 0. The van der Waals surface area contributed by atoms with E-state index in [1.807, 2.05) is 19.1 Å². The number of aryl methyl sites for hydroxylation is 1. The monoisotopic (exact) mass is 467 g/mol. The molecule has 0 N–H and O–H groups in total. The van der Waals surface area contributed by atoms with E-state index >= 15 is 0 Å². The van der Waals surface area contributed by atoms with E-state index in [1.165, 1.54) is 7.11 Å². The minimum atomic E-state index is -2.09. The minimum absolute atomic E-state index is 0.206. The quantitative estimate of drug-likeness (QED) is 0.431. The van der Waals surface area contributed by atoms with Crippen molar-refractivity contribution in [3.05, 3.63) is 95.1 Å². The summed E-state index contributed by atoms with van der Waals surface area (Å²) >= 11 is 0. The second kappa shape index (κ2) is 7.45. The molecule has 7 heteroatoms. The lowest BCUT2D eigenvalue weighted by atomic mass is 9.77. The first kappa shape index (κ1) is 21.4. The molecule has 2 amide bonds. The van der Waals surface area contributed by atoms with E-state index < -0.39 is 46.9 Å². The molecule has 2 aliphatic heterocycles. The van der Waals surface area contributed by atoms with Crippen molar-refractivity contribution in [3.8, 4) is 5.75 Å². The van der Waals surface area contributed by atoms with Gasteiger partial charge in [-0.3, -0.25) is 19.2 Å². The number of methoxy groups -OCH3 is 1. The molecular formula is C28H21NO6.